The number of hydrogen-bond acceptors (Lipinski definition) is 5. The number of nitrogens with one attached hydrogen (secondary N) is 1. The molecule has 1 aliphatic heterocycles. The normalized spacial score (nSPS) is 17.9. The third-order valence-electron chi connectivity index (χ3n) is 5.89. The van der Waals surface area contributed by atoms with Gasteiger partial charge in [-0.15, -0.1) is 5.10 Å². The van der Waals surface area contributed by atoms with Crippen LogP contribution in [0.15, 0.2) is 58.9 Å². The Kier molecular flexibility index (Phi) is 5.14. The van der Waals surface area contributed by atoms with Gasteiger partial charge in [0.25, 0.3) is 0 Å². The molecule has 1 aromatic heterocycles. The van der Waals surface area contributed by atoms with Gasteiger partial charge in [-0.2, -0.15) is 4.98 Å². The Balaban J connectivity index is 1.49. The second kappa shape index (κ2) is 7.96. The third-order valence-corrected chi connectivity index (χ3v) is 6.78. The van der Waals surface area contributed by atoms with Crippen LogP contribution in [0.2, 0.25) is 0 Å². The van der Waals surface area contributed by atoms with Crippen LogP contribution in [-0.2, 0) is 10.5 Å². The monoisotopic (exact) mass is 434 g/mol. The van der Waals surface area contributed by atoms with Crippen LogP contribution in [-0.4, -0.2) is 20.5 Å². The minimum absolute atomic E-state index is 0.119. The Hall–Kier alpha value is -2.93. The topological polar surface area (TPSA) is 59.8 Å². The molecule has 2 aliphatic rings. The molecule has 0 radical (unpaired) electrons. The summed E-state index contributed by atoms with van der Waals surface area (Å²) in [5, 5.41) is 8.74. The minimum atomic E-state index is -0.386. The second-order valence-corrected chi connectivity index (χ2v) is 9.07. The Labute approximate surface area is 184 Å². The second-order valence-electron chi connectivity index (χ2n) is 8.13. The molecule has 0 saturated carbocycles. The maximum atomic E-state index is 13.6. The lowest BCUT2D eigenvalue weighted by atomic mass is 9.85. The van der Waals surface area contributed by atoms with Gasteiger partial charge in [0.15, 0.2) is 5.78 Å². The average molecular weight is 435 g/mol. The maximum Gasteiger partial charge on any atom is 0.227 e. The van der Waals surface area contributed by atoms with Crippen molar-refractivity contribution in [2.45, 2.75) is 50.1 Å². The predicted molar refractivity (Wildman–Crippen MR) is 120 cm³/mol. The molecule has 7 heteroatoms. The highest BCUT2D eigenvalue weighted by Crippen LogP contribution is 2.40. The molecule has 158 valence electrons. The highest BCUT2D eigenvalue weighted by molar-refractivity contribution is 7.98. The summed E-state index contributed by atoms with van der Waals surface area (Å²) in [4.78, 5) is 17.5. The summed E-state index contributed by atoms with van der Waals surface area (Å²) in [6, 6.07) is 12.4. The number of halogens is 1. The van der Waals surface area contributed by atoms with E-state index in [4.69, 9.17) is 10.1 Å². The van der Waals surface area contributed by atoms with Crippen LogP contribution in [0.25, 0.3) is 0 Å². The van der Waals surface area contributed by atoms with Crippen LogP contribution >= 0.6 is 11.8 Å². The lowest BCUT2D eigenvalue weighted by Gasteiger charge is -2.32. The Morgan fingerprint density at radius 3 is 2.74 bits per heavy atom. The molecule has 0 bridgehead atoms. The van der Waals surface area contributed by atoms with Crippen molar-refractivity contribution >= 4 is 23.5 Å². The largest absolute Gasteiger partial charge is 0.328 e. The van der Waals surface area contributed by atoms with E-state index in [0.29, 0.717) is 17.5 Å². The van der Waals surface area contributed by atoms with Crippen LogP contribution in [0.5, 0.6) is 0 Å². The number of nitrogens with zero attached hydrogens (tertiary/aromatic N) is 3. The van der Waals surface area contributed by atoms with E-state index in [1.54, 1.807) is 28.6 Å². The van der Waals surface area contributed by atoms with Gasteiger partial charge in [0.1, 0.15) is 11.9 Å². The molecule has 5 rings (SSSR count). The summed E-state index contributed by atoms with van der Waals surface area (Å²) < 4.78 is 15.3. The summed E-state index contributed by atoms with van der Waals surface area (Å²) in [7, 11) is 0. The summed E-state index contributed by atoms with van der Waals surface area (Å²) >= 11 is 1.57. The number of anilines is 1. The van der Waals surface area contributed by atoms with E-state index in [0.717, 1.165) is 35.4 Å². The number of hydrogen-bond donors (Lipinski definition) is 1. The van der Waals surface area contributed by atoms with E-state index < -0.39 is 0 Å². The van der Waals surface area contributed by atoms with Crippen molar-refractivity contribution in [1.82, 2.24) is 14.8 Å². The first kappa shape index (κ1) is 20.0. The predicted octanol–water partition coefficient (Wildman–Crippen LogP) is 5.35. The van der Waals surface area contributed by atoms with Gasteiger partial charge in [-0.05, 0) is 55.5 Å². The standard InChI is InChI=1S/C24H23FN4OS/c1-14-6-7-17(15(2)12-14)13-31-24-27-23-26-19-4-3-5-20(30)21(19)22(29(23)28-24)16-8-10-18(25)11-9-16/h6-12,22H,3-5,13H2,1-2H3,(H,26,27,28)/t22-/m1/s1. The summed E-state index contributed by atoms with van der Waals surface area (Å²) in [6.45, 7) is 4.20. The van der Waals surface area contributed by atoms with E-state index in [1.807, 2.05) is 0 Å². The number of ketones is 1. The lowest BCUT2D eigenvalue weighted by Crippen LogP contribution is -2.31. The van der Waals surface area contributed by atoms with E-state index in [9.17, 15) is 9.18 Å². The van der Waals surface area contributed by atoms with Crippen LogP contribution in [0.1, 0.15) is 47.6 Å². The quantitative estimate of drug-likeness (QED) is 0.561. The van der Waals surface area contributed by atoms with Gasteiger partial charge in [0.2, 0.25) is 11.1 Å². The van der Waals surface area contributed by atoms with E-state index in [2.05, 4.69) is 37.4 Å². The van der Waals surface area contributed by atoms with E-state index in [-0.39, 0.29) is 17.6 Å². The lowest BCUT2D eigenvalue weighted by molar-refractivity contribution is -0.116. The zero-order valence-electron chi connectivity index (χ0n) is 17.5. The first-order valence-corrected chi connectivity index (χ1v) is 11.4. The number of thioether (sulfide) groups is 1. The molecule has 1 aliphatic carbocycles. The number of allylic oxidation sites excluding steroid dienone is 2. The summed E-state index contributed by atoms with van der Waals surface area (Å²) in [5.74, 6) is 1.22. The van der Waals surface area contributed by atoms with Gasteiger partial charge in [0, 0.05) is 23.4 Å². The van der Waals surface area contributed by atoms with Crippen molar-refractivity contribution < 1.29 is 9.18 Å². The minimum Gasteiger partial charge on any atom is -0.328 e. The molecule has 1 N–H and O–H groups in total. The van der Waals surface area contributed by atoms with Crippen molar-refractivity contribution in [3.8, 4) is 0 Å². The van der Waals surface area contributed by atoms with Crippen molar-refractivity contribution in [3.05, 3.63) is 81.8 Å². The van der Waals surface area contributed by atoms with E-state index >= 15 is 0 Å². The molecule has 0 spiro atoms. The van der Waals surface area contributed by atoms with Gasteiger partial charge in [-0.1, -0.05) is 47.7 Å². The van der Waals surface area contributed by atoms with Crippen molar-refractivity contribution in [2.24, 2.45) is 0 Å². The molecule has 0 fully saturated rings. The summed E-state index contributed by atoms with van der Waals surface area (Å²) in [5.41, 5.74) is 6.22. The molecular weight excluding hydrogens is 411 g/mol. The Morgan fingerprint density at radius 2 is 1.97 bits per heavy atom. The molecule has 31 heavy (non-hydrogen) atoms. The number of carbonyl (C=O) groups is 1. The number of aromatic nitrogens is 3. The molecule has 3 aromatic rings. The SMILES string of the molecule is Cc1ccc(CSc2nc3n(n2)[C@H](c2ccc(F)cc2)C2=C(CCCC2=O)N3)c(C)c1. The fourth-order valence-electron chi connectivity index (χ4n) is 4.30. The zero-order valence-corrected chi connectivity index (χ0v) is 18.3. The number of benzene rings is 2. The number of Topliss-reactive ketones (excluding diaryl/α,β-unsaturated/α-hetero) is 1. The van der Waals surface area contributed by atoms with Gasteiger partial charge in [-0.25, -0.2) is 9.07 Å². The Morgan fingerprint density at radius 1 is 1.16 bits per heavy atom. The molecule has 1 atom stereocenters. The number of rotatable bonds is 4. The molecule has 0 unspecified atom stereocenters. The fourth-order valence-corrected chi connectivity index (χ4v) is 5.21. The zero-order chi connectivity index (χ0) is 21.5. The van der Waals surface area contributed by atoms with Gasteiger partial charge in [-0.3, -0.25) is 4.79 Å². The van der Waals surface area contributed by atoms with Crippen LogP contribution in [0.4, 0.5) is 10.3 Å². The molecule has 0 amide bonds. The van der Waals surface area contributed by atoms with Crippen molar-refractivity contribution in [2.75, 3.05) is 5.32 Å². The van der Waals surface area contributed by atoms with Crippen molar-refractivity contribution in [1.29, 1.82) is 0 Å². The molecule has 2 heterocycles. The smallest absolute Gasteiger partial charge is 0.227 e. The van der Waals surface area contributed by atoms with Crippen LogP contribution in [0.3, 0.4) is 0 Å². The molecule has 2 aromatic carbocycles. The molecule has 0 saturated heterocycles. The fraction of sp³-hybridized carbons (Fsp3) is 0.292. The molecule has 5 nitrogen and oxygen atoms in total. The first-order chi connectivity index (χ1) is 15.0. The van der Waals surface area contributed by atoms with Crippen LogP contribution in [0, 0.1) is 19.7 Å². The van der Waals surface area contributed by atoms with Gasteiger partial charge < -0.3 is 5.32 Å². The van der Waals surface area contributed by atoms with Gasteiger partial charge in [0.05, 0.1) is 0 Å². The highest BCUT2D eigenvalue weighted by atomic mass is 32.2. The number of fused-ring (bicyclic) bond motifs is 1. The number of aryl methyl sites for hydroxylation is 2. The van der Waals surface area contributed by atoms with Crippen molar-refractivity contribution in [3.63, 3.8) is 0 Å². The third kappa shape index (κ3) is 3.78. The van der Waals surface area contributed by atoms with Crippen LogP contribution < -0.4 is 5.32 Å². The molecular formula is C24H23FN4OS. The van der Waals surface area contributed by atoms with Gasteiger partial charge >= 0.3 is 0 Å². The average Bonchev–Trinajstić information content (AvgIpc) is 3.15. The maximum absolute atomic E-state index is 13.6. The highest BCUT2D eigenvalue weighted by Gasteiger charge is 2.36. The Bertz CT molecular complexity index is 1200. The van der Waals surface area contributed by atoms with E-state index in [1.165, 1.54) is 28.8 Å². The summed E-state index contributed by atoms with van der Waals surface area (Å²) in [6.07, 6.45) is 2.15. The number of carbonyl (C=O) groups excluding carboxylic acids is 1. The first-order valence-electron chi connectivity index (χ1n) is 10.4.